The van der Waals surface area contributed by atoms with Crippen molar-refractivity contribution in [3.05, 3.63) is 160 Å². The number of ether oxygens (including phenoxy) is 1. The molecule has 0 aliphatic carbocycles. The number of aryl methyl sites for hydroxylation is 1. The number of amides is 5. The summed E-state index contributed by atoms with van der Waals surface area (Å²) in [5.74, 6) is 7.33. The predicted octanol–water partition coefficient (Wildman–Crippen LogP) is 10.4. The van der Waals surface area contributed by atoms with Gasteiger partial charge in [0.1, 0.15) is 17.9 Å². The van der Waals surface area contributed by atoms with Crippen molar-refractivity contribution < 1.29 is 28.7 Å². The number of methoxy groups -OCH3 is 1. The van der Waals surface area contributed by atoms with Crippen LogP contribution >= 0.6 is 11.3 Å². The Hall–Kier alpha value is -8.63. The number of fused-ring (bicyclic) bond motifs is 2. The van der Waals surface area contributed by atoms with E-state index < -0.39 is 17.5 Å². The molecule has 4 atom stereocenters. The average Bonchev–Trinajstić information content (AvgIpc) is 2.22. The monoisotopic (exact) mass is 1220 g/mol. The summed E-state index contributed by atoms with van der Waals surface area (Å²) in [6.07, 6.45) is 10.3. The highest BCUT2D eigenvalue weighted by atomic mass is 32.1. The molecule has 0 spiro atoms. The molecular weight excluding hydrogens is 1130 g/mol. The minimum Gasteiger partial charge on any atom is -0.380 e. The van der Waals surface area contributed by atoms with Gasteiger partial charge >= 0.3 is 0 Å². The second kappa shape index (κ2) is 29.1. The van der Waals surface area contributed by atoms with Crippen LogP contribution in [0.5, 0.6) is 0 Å². The standard InChI is InChI=1S/C71H81N11O6S/c1-47(52-30-32-53(33-31-52)64-48(2)74-46-89-64)75-68(85)61-42-57(88-7)44-82(61)70(87)65(71(3,4)5)77-62(83)18-10-8-9-11-19-63(84)80-39-37-79(38-40-80)35-14-15-49-20-22-50(23-21-49)24-25-51-26-28-54(29-27-51)69(86)81-36-34-58-60(45-81)76-66(78-67(58)72-6)56-41-55-16-12-13-17-59(55)73-43-56/h12-13,16-17,20-33,41,43,46-47,57,61,65H,8-11,18-19,34-40,42,44-45H2,1-7H3,(H,75,85)(H,77,83)(H,72,76,78)/b25-24+/t47-,57+,61-,65+/m0/s1. The van der Waals surface area contributed by atoms with Crippen LogP contribution in [0.3, 0.4) is 0 Å². The van der Waals surface area contributed by atoms with E-state index in [2.05, 4.69) is 54.8 Å². The van der Waals surface area contributed by atoms with Crippen molar-refractivity contribution in [3.8, 4) is 33.7 Å². The third kappa shape index (κ3) is 16.0. The summed E-state index contributed by atoms with van der Waals surface area (Å²) in [4.78, 5) is 96.1. The van der Waals surface area contributed by atoms with E-state index in [0.717, 1.165) is 104 Å². The zero-order valence-electron chi connectivity index (χ0n) is 52.2. The largest absolute Gasteiger partial charge is 0.380 e. The van der Waals surface area contributed by atoms with Crippen molar-refractivity contribution in [1.29, 1.82) is 0 Å². The molecule has 10 rings (SSSR count). The smallest absolute Gasteiger partial charge is 0.254 e. The van der Waals surface area contributed by atoms with E-state index in [-0.39, 0.29) is 54.6 Å². The Labute approximate surface area is 526 Å². The minimum absolute atomic E-state index is 0.0351. The number of thiazole rings is 1. The van der Waals surface area contributed by atoms with Gasteiger partial charge in [0.05, 0.1) is 52.5 Å². The number of piperazine rings is 1. The van der Waals surface area contributed by atoms with Crippen LogP contribution in [0.1, 0.15) is 128 Å². The Morgan fingerprint density at radius 2 is 1.51 bits per heavy atom. The van der Waals surface area contributed by atoms with Crippen LogP contribution < -0.4 is 16.0 Å². The first-order valence-corrected chi connectivity index (χ1v) is 31.9. The van der Waals surface area contributed by atoms with Gasteiger partial charge in [0.25, 0.3) is 5.91 Å². The molecule has 6 heterocycles. The van der Waals surface area contributed by atoms with E-state index in [1.54, 1.807) is 29.5 Å². The average molecular weight is 1220 g/mol. The van der Waals surface area contributed by atoms with Crippen LogP contribution in [0.25, 0.3) is 44.9 Å². The van der Waals surface area contributed by atoms with Crippen molar-refractivity contribution in [2.45, 2.75) is 117 Å². The molecule has 17 nitrogen and oxygen atoms in total. The molecule has 0 unspecified atom stereocenters. The zero-order valence-corrected chi connectivity index (χ0v) is 53.0. The van der Waals surface area contributed by atoms with E-state index in [1.807, 2.05) is 160 Å². The topological polar surface area (TPSA) is 195 Å². The molecule has 89 heavy (non-hydrogen) atoms. The van der Waals surface area contributed by atoms with Gasteiger partial charge in [-0.2, -0.15) is 0 Å². The number of nitrogens with one attached hydrogen (secondary N) is 3. The number of hydrogen-bond acceptors (Lipinski definition) is 13. The number of pyridine rings is 1. The van der Waals surface area contributed by atoms with Crippen LogP contribution in [0, 0.1) is 24.2 Å². The molecule has 3 aliphatic heterocycles. The van der Waals surface area contributed by atoms with Crippen LogP contribution in [-0.4, -0.2) is 147 Å². The number of rotatable bonds is 20. The van der Waals surface area contributed by atoms with Crippen molar-refractivity contribution >= 4 is 69.7 Å². The van der Waals surface area contributed by atoms with Gasteiger partial charge in [0, 0.05) is 107 Å². The Balaban J connectivity index is 0.607. The first kappa shape index (κ1) is 63.4. The van der Waals surface area contributed by atoms with E-state index in [9.17, 15) is 24.0 Å². The molecule has 18 heteroatoms. The quantitative estimate of drug-likeness (QED) is 0.0372. The Kier molecular flexibility index (Phi) is 20.7. The molecule has 0 radical (unpaired) electrons. The van der Waals surface area contributed by atoms with E-state index >= 15 is 0 Å². The fourth-order valence-electron chi connectivity index (χ4n) is 11.8. The van der Waals surface area contributed by atoms with Gasteiger partial charge in [-0.05, 0) is 97.2 Å². The number of likely N-dealkylation sites (tertiary alicyclic amines) is 1. The summed E-state index contributed by atoms with van der Waals surface area (Å²) < 4.78 is 5.67. The molecule has 0 bridgehead atoms. The first-order chi connectivity index (χ1) is 43.0. The normalized spacial score (nSPS) is 16.8. The number of benzene rings is 4. The molecule has 3 aromatic heterocycles. The maximum Gasteiger partial charge on any atom is 0.254 e. The molecule has 0 saturated carbocycles. The highest BCUT2D eigenvalue weighted by Crippen LogP contribution is 2.32. The lowest BCUT2D eigenvalue weighted by molar-refractivity contribution is -0.144. The summed E-state index contributed by atoms with van der Waals surface area (Å²) in [7, 11) is 3.45. The van der Waals surface area contributed by atoms with Crippen LogP contribution in [0.2, 0.25) is 0 Å². The predicted molar refractivity (Wildman–Crippen MR) is 351 cm³/mol. The lowest BCUT2D eigenvalue weighted by Crippen LogP contribution is -2.57. The first-order valence-electron chi connectivity index (χ1n) is 31.0. The van der Waals surface area contributed by atoms with Gasteiger partial charge in [-0.15, -0.1) is 11.3 Å². The number of aromatic nitrogens is 4. The Bertz CT molecular complexity index is 3750. The van der Waals surface area contributed by atoms with Gasteiger partial charge in [-0.25, -0.2) is 15.0 Å². The van der Waals surface area contributed by atoms with Gasteiger partial charge in [0.15, 0.2) is 5.82 Å². The second-order valence-electron chi connectivity index (χ2n) is 24.5. The molecule has 2 fully saturated rings. The SMILES string of the molecule is CNc1nc(-c2cnc3ccccc3c2)nc2c1CCN(C(=O)c1ccc(/C=C/c3ccc(C#CCN4CCN(C(=O)CCCCCCC(=O)N[C@H](C(=O)N5C[C@H](OC)C[C@H]5C(=O)N[C@@H](C)c5ccc(-c6scnc6C)cc5)C(C)(C)C)CC4)cc3)cc1)C2. The molecule has 4 aromatic carbocycles. The van der Waals surface area contributed by atoms with Gasteiger partial charge < -0.3 is 35.4 Å². The fraction of sp³-hybridized carbons (Fsp3) is 0.394. The number of unbranched alkanes of at least 4 members (excludes halogenated alkanes) is 3. The number of nitrogens with zero attached hydrogens (tertiary/aromatic N) is 8. The van der Waals surface area contributed by atoms with E-state index in [0.29, 0.717) is 69.8 Å². The lowest BCUT2D eigenvalue weighted by Gasteiger charge is -2.35. The van der Waals surface area contributed by atoms with Crippen molar-refractivity contribution in [3.63, 3.8) is 0 Å². The number of para-hydroxylation sites is 1. The summed E-state index contributed by atoms with van der Waals surface area (Å²) in [5, 5.41) is 10.4. The molecular formula is C71H81N11O6S. The zero-order chi connectivity index (χ0) is 62.6. The number of hydrogen-bond donors (Lipinski definition) is 3. The van der Waals surface area contributed by atoms with Crippen molar-refractivity contribution in [2.24, 2.45) is 5.41 Å². The number of carbonyl (C=O) groups is 5. The van der Waals surface area contributed by atoms with Gasteiger partial charge in [0.2, 0.25) is 23.6 Å². The van der Waals surface area contributed by atoms with E-state index in [1.165, 1.54) is 0 Å². The molecule has 2 saturated heterocycles. The maximum absolute atomic E-state index is 14.3. The van der Waals surface area contributed by atoms with Crippen LogP contribution in [0.15, 0.2) is 115 Å². The minimum atomic E-state index is -0.841. The summed E-state index contributed by atoms with van der Waals surface area (Å²) in [6.45, 7) is 14.4. The van der Waals surface area contributed by atoms with Gasteiger partial charge in [-0.1, -0.05) is 124 Å². The molecule has 7 aromatic rings. The fourth-order valence-corrected chi connectivity index (χ4v) is 12.6. The van der Waals surface area contributed by atoms with E-state index in [4.69, 9.17) is 14.7 Å². The number of carbonyl (C=O) groups excluding carboxylic acids is 5. The Morgan fingerprint density at radius 1 is 0.798 bits per heavy atom. The molecule has 462 valence electrons. The van der Waals surface area contributed by atoms with Crippen molar-refractivity contribution in [1.82, 2.24) is 50.2 Å². The van der Waals surface area contributed by atoms with Crippen molar-refractivity contribution in [2.75, 3.05) is 65.3 Å². The van der Waals surface area contributed by atoms with Crippen LogP contribution in [-0.2, 0) is 36.9 Å². The highest BCUT2D eigenvalue weighted by molar-refractivity contribution is 7.13. The second-order valence-corrected chi connectivity index (χ2v) is 25.4. The summed E-state index contributed by atoms with van der Waals surface area (Å²) >= 11 is 1.59. The summed E-state index contributed by atoms with van der Waals surface area (Å²) in [5.41, 5.74) is 11.4. The highest BCUT2D eigenvalue weighted by Gasteiger charge is 2.45. The molecule has 3 N–H and O–H groups in total. The Morgan fingerprint density at radius 3 is 2.19 bits per heavy atom. The maximum atomic E-state index is 14.3. The third-order valence-electron chi connectivity index (χ3n) is 17.2. The molecule has 5 amide bonds. The van der Waals surface area contributed by atoms with Crippen LogP contribution in [0.4, 0.5) is 5.82 Å². The lowest BCUT2D eigenvalue weighted by atomic mass is 9.85. The molecule has 3 aliphatic rings. The third-order valence-corrected chi connectivity index (χ3v) is 18.1. The van der Waals surface area contributed by atoms with Gasteiger partial charge in [-0.3, -0.25) is 33.9 Å². The number of anilines is 1. The summed E-state index contributed by atoms with van der Waals surface area (Å²) in [6, 6.07) is 32.1.